The van der Waals surface area contributed by atoms with E-state index in [1.807, 2.05) is 41.3 Å². The van der Waals surface area contributed by atoms with E-state index in [1.165, 1.54) is 12.8 Å². The highest BCUT2D eigenvalue weighted by Crippen LogP contribution is 2.37. The van der Waals surface area contributed by atoms with Gasteiger partial charge in [-0.2, -0.15) is 0 Å². The van der Waals surface area contributed by atoms with Crippen molar-refractivity contribution in [1.29, 1.82) is 0 Å². The van der Waals surface area contributed by atoms with Crippen LogP contribution in [0.25, 0.3) is 0 Å². The summed E-state index contributed by atoms with van der Waals surface area (Å²) in [5, 5.41) is 8.97. The number of nitrogens with zero attached hydrogens (tertiary/aromatic N) is 1. The number of hydrogen-bond acceptors (Lipinski definition) is 4. The highest BCUT2D eigenvalue weighted by molar-refractivity contribution is 5.93. The van der Waals surface area contributed by atoms with Gasteiger partial charge in [0.25, 0.3) is 5.91 Å². The van der Waals surface area contributed by atoms with Gasteiger partial charge in [0.2, 0.25) is 5.91 Å². The average molecular weight is 437 g/mol. The van der Waals surface area contributed by atoms with Crippen molar-refractivity contribution in [1.82, 2.24) is 10.4 Å². The van der Waals surface area contributed by atoms with Crippen molar-refractivity contribution in [2.24, 2.45) is 17.8 Å². The van der Waals surface area contributed by atoms with E-state index in [-0.39, 0.29) is 17.9 Å². The Morgan fingerprint density at radius 2 is 1.72 bits per heavy atom. The highest BCUT2D eigenvalue weighted by Gasteiger charge is 2.36. The number of benzene rings is 2. The minimum atomic E-state index is -0.588. The van der Waals surface area contributed by atoms with Crippen LogP contribution >= 0.6 is 0 Å². The Hall–Kier alpha value is -2.86. The lowest BCUT2D eigenvalue weighted by molar-refractivity contribution is -0.140. The van der Waals surface area contributed by atoms with Crippen LogP contribution in [0, 0.1) is 17.8 Å². The molecule has 2 N–H and O–H groups in total. The average Bonchev–Trinajstić information content (AvgIpc) is 3.11. The van der Waals surface area contributed by atoms with Gasteiger partial charge in [0, 0.05) is 17.0 Å². The zero-order chi connectivity index (χ0) is 22.7. The lowest BCUT2D eigenvalue weighted by Gasteiger charge is -2.33. The third kappa shape index (κ3) is 4.80. The number of ether oxygens (including phenoxy) is 1. The third-order valence-corrected chi connectivity index (χ3v) is 6.89. The van der Waals surface area contributed by atoms with E-state index in [1.54, 1.807) is 17.6 Å². The zero-order valence-electron chi connectivity index (χ0n) is 18.8. The van der Waals surface area contributed by atoms with Crippen LogP contribution in [0.15, 0.2) is 48.5 Å². The predicted octanol–water partition coefficient (Wildman–Crippen LogP) is 4.73. The molecule has 2 aliphatic rings. The number of hydrogen-bond donors (Lipinski definition) is 2. The van der Waals surface area contributed by atoms with Gasteiger partial charge in [-0.1, -0.05) is 63.1 Å². The fraction of sp³-hybridized carbons (Fsp3) is 0.462. The van der Waals surface area contributed by atoms with Crippen LogP contribution in [0.3, 0.4) is 0 Å². The minimum absolute atomic E-state index is 0.00898. The number of carbonyl (C=O) groups excluding carboxylic acids is 2. The second kappa shape index (κ2) is 9.74. The highest BCUT2D eigenvalue weighted by atomic mass is 16.5. The van der Waals surface area contributed by atoms with E-state index in [4.69, 9.17) is 9.94 Å². The molecule has 6 nitrogen and oxygen atoms in total. The summed E-state index contributed by atoms with van der Waals surface area (Å²) in [7, 11) is 0. The molecule has 170 valence electrons. The van der Waals surface area contributed by atoms with Gasteiger partial charge in [-0.25, -0.2) is 5.48 Å². The van der Waals surface area contributed by atoms with Gasteiger partial charge in [-0.3, -0.25) is 14.8 Å². The number of carbonyl (C=O) groups is 2. The Balaban J connectivity index is 1.68. The molecule has 3 atom stereocenters. The van der Waals surface area contributed by atoms with Gasteiger partial charge in [0.1, 0.15) is 12.4 Å². The van der Waals surface area contributed by atoms with Crippen LogP contribution in [0.2, 0.25) is 0 Å². The molecule has 1 aliphatic heterocycles. The first-order valence-electron chi connectivity index (χ1n) is 11.5. The minimum Gasteiger partial charge on any atom is -0.491 e. The summed E-state index contributed by atoms with van der Waals surface area (Å²) in [6, 6.07) is 14.9. The van der Waals surface area contributed by atoms with Gasteiger partial charge >= 0.3 is 0 Å². The van der Waals surface area contributed by atoms with Crippen molar-refractivity contribution < 1.29 is 19.5 Å². The Kier molecular flexibility index (Phi) is 6.80. The molecule has 0 radical (unpaired) electrons. The molecule has 0 bridgehead atoms. The summed E-state index contributed by atoms with van der Waals surface area (Å²) in [6.07, 6.45) is 4.19. The maximum atomic E-state index is 13.9. The van der Waals surface area contributed by atoms with Crippen LogP contribution < -0.4 is 10.2 Å². The summed E-state index contributed by atoms with van der Waals surface area (Å²) in [6.45, 7) is 5.24. The molecule has 0 spiro atoms. The van der Waals surface area contributed by atoms with Gasteiger partial charge < -0.3 is 9.64 Å². The van der Waals surface area contributed by atoms with Gasteiger partial charge in [0.15, 0.2) is 0 Å². The molecule has 2 aromatic carbocycles. The molecule has 2 aromatic rings. The topological polar surface area (TPSA) is 78.9 Å². The monoisotopic (exact) mass is 436 g/mol. The second-order valence-corrected chi connectivity index (χ2v) is 9.42. The quantitative estimate of drug-likeness (QED) is 0.414. The molecule has 1 saturated carbocycles. The Bertz CT molecular complexity index is 950. The van der Waals surface area contributed by atoms with Crippen molar-refractivity contribution in [2.45, 2.75) is 52.1 Å². The maximum Gasteiger partial charge on any atom is 0.274 e. The van der Waals surface area contributed by atoms with E-state index in [9.17, 15) is 9.59 Å². The molecular weight excluding hydrogens is 404 g/mol. The Morgan fingerprint density at radius 1 is 1.03 bits per heavy atom. The second-order valence-electron chi connectivity index (χ2n) is 9.42. The van der Waals surface area contributed by atoms with Crippen molar-refractivity contribution in [3.05, 3.63) is 65.2 Å². The molecule has 0 aromatic heterocycles. The first kappa shape index (κ1) is 22.3. The van der Waals surface area contributed by atoms with E-state index < -0.39 is 5.91 Å². The molecule has 2 unspecified atom stereocenters. The van der Waals surface area contributed by atoms with Crippen LogP contribution in [0.4, 0.5) is 0 Å². The van der Waals surface area contributed by atoms with Crippen molar-refractivity contribution >= 4 is 11.8 Å². The van der Waals surface area contributed by atoms with Gasteiger partial charge in [0.05, 0.1) is 12.6 Å². The maximum absolute atomic E-state index is 13.9. The SMILES string of the molecule is CC1CCC(C)CC(C(=O)N2Cc3ccc(C(=O)NO)cc3OC[C@@H]2c2ccccc2)C1. The predicted molar refractivity (Wildman–Crippen MR) is 121 cm³/mol. The lowest BCUT2D eigenvalue weighted by atomic mass is 9.90. The molecule has 0 saturated heterocycles. The number of rotatable bonds is 3. The van der Waals surface area contributed by atoms with Gasteiger partial charge in [-0.05, 0) is 42.4 Å². The lowest BCUT2D eigenvalue weighted by Crippen LogP contribution is -2.40. The number of fused-ring (bicyclic) bond motifs is 1. The summed E-state index contributed by atoms with van der Waals surface area (Å²) >= 11 is 0. The van der Waals surface area contributed by atoms with E-state index in [2.05, 4.69) is 13.8 Å². The van der Waals surface area contributed by atoms with Crippen molar-refractivity contribution in [2.75, 3.05) is 6.61 Å². The van der Waals surface area contributed by atoms with Crippen molar-refractivity contribution in [3.8, 4) is 5.75 Å². The molecule has 2 amide bonds. The van der Waals surface area contributed by atoms with Crippen LogP contribution in [0.1, 0.15) is 67.1 Å². The zero-order valence-corrected chi connectivity index (χ0v) is 18.8. The number of amides is 2. The van der Waals surface area contributed by atoms with Crippen LogP contribution in [0.5, 0.6) is 5.75 Å². The first-order valence-corrected chi connectivity index (χ1v) is 11.5. The molecular formula is C26H32N2O4. The standard InChI is InChI=1S/C26H32N2O4/c1-17-8-9-18(2)13-22(12-17)26(30)28-15-21-11-10-20(25(29)27-31)14-24(21)32-16-23(28)19-6-4-3-5-7-19/h3-7,10-11,14,17-18,22-23,31H,8-9,12-13,15-16H2,1-2H3,(H,27,29)/t17?,18?,22?,23-/m1/s1. The number of nitrogens with one attached hydrogen (secondary N) is 1. The van der Waals surface area contributed by atoms with E-state index in [0.29, 0.717) is 36.3 Å². The molecule has 1 aliphatic carbocycles. The summed E-state index contributed by atoms with van der Waals surface area (Å²) in [5.74, 6) is 1.26. The van der Waals surface area contributed by atoms with E-state index in [0.717, 1.165) is 24.0 Å². The molecule has 1 fully saturated rings. The fourth-order valence-corrected chi connectivity index (χ4v) is 5.07. The fourth-order valence-electron chi connectivity index (χ4n) is 5.07. The summed E-state index contributed by atoms with van der Waals surface area (Å²) in [4.78, 5) is 27.8. The van der Waals surface area contributed by atoms with Crippen LogP contribution in [-0.4, -0.2) is 28.5 Å². The molecule has 32 heavy (non-hydrogen) atoms. The third-order valence-electron chi connectivity index (χ3n) is 6.89. The normalized spacial score (nSPS) is 25.7. The Labute approximate surface area is 189 Å². The summed E-state index contributed by atoms with van der Waals surface area (Å²) < 4.78 is 6.13. The summed E-state index contributed by atoms with van der Waals surface area (Å²) in [5.41, 5.74) is 3.88. The first-order chi connectivity index (χ1) is 15.5. The van der Waals surface area contributed by atoms with Crippen LogP contribution in [-0.2, 0) is 11.3 Å². The van der Waals surface area contributed by atoms with Gasteiger partial charge in [-0.15, -0.1) is 0 Å². The largest absolute Gasteiger partial charge is 0.491 e. The van der Waals surface area contributed by atoms with E-state index >= 15 is 0 Å². The smallest absolute Gasteiger partial charge is 0.274 e. The number of hydroxylamine groups is 1. The Morgan fingerprint density at radius 3 is 2.38 bits per heavy atom. The molecule has 6 heteroatoms. The molecule has 4 rings (SSSR count). The van der Waals surface area contributed by atoms with Crippen molar-refractivity contribution in [3.63, 3.8) is 0 Å². The molecule has 1 heterocycles.